The summed E-state index contributed by atoms with van der Waals surface area (Å²) in [5.41, 5.74) is -0.0167. The predicted molar refractivity (Wildman–Crippen MR) is 99.5 cm³/mol. The number of hydrogen-bond acceptors (Lipinski definition) is 5. The molecule has 0 fully saturated rings. The van der Waals surface area contributed by atoms with Gasteiger partial charge in [-0.2, -0.15) is 0 Å². The Morgan fingerprint density at radius 2 is 1.81 bits per heavy atom. The third-order valence-corrected chi connectivity index (χ3v) is 5.36. The van der Waals surface area contributed by atoms with Gasteiger partial charge >= 0.3 is 0 Å². The van der Waals surface area contributed by atoms with Gasteiger partial charge in [0, 0.05) is 10.5 Å². The molecule has 0 aliphatic carbocycles. The van der Waals surface area contributed by atoms with Gasteiger partial charge in [-0.25, -0.2) is 22.5 Å². The molecule has 1 N–H and O–H groups in total. The number of aromatic nitrogens is 1. The summed E-state index contributed by atoms with van der Waals surface area (Å²) < 4.78 is 45.4. The van der Waals surface area contributed by atoms with Gasteiger partial charge in [0.2, 0.25) is 5.88 Å². The highest BCUT2D eigenvalue weighted by atomic mass is 79.9. The molecule has 3 rings (SSSR count). The van der Waals surface area contributed by atoms with Gasteiger partial charge in [0.25, 0.3) is 15.9 Å². The van der Waals surface area contributed by atoms with Crippen LogP contribution in [0.3, 0.4) is 0 Å². The van der Waals surface area contributed by atoms with E-state index >= 15 is 0 Å². The van der Waals surface area contributed by atoms with Crippen molar-refractivity contribution in [2.75, 3.05) is 0 Å². The Morgan fingerprint density at radius 3 is 2.44 bits per heavy atom. The van der Waals surface area contributed by atoms with Crippen molar-refractivity contribution in [1.82, 2.24) is 9.71 Å². The number of para-hydroxylation sites is 1. The van der Waals surface area contributed by atoms with Crippen molar-refractivity contribution in [3.05, 3.63) is 82.7 Å². The molecule has 0 unspecified atom stereocenters. The molecular weight excluding hydrogens is 439 g/mol. The van der Waals surface area contributed by atoms with Gasteiger partial charge in [-0.15, -0.1) is 0 Å². The lowest BCUT2D eigenvalue weighted by Crippen LogP contribution is -2.30. The first kappa shape index (κ1) is 19.0. The van der Waals surface area contributed by atoms with Crippen LogP contribution in [0.1, 0.15) is 10.4 Å². The minimum Gasteiger partial charge on any atom is -0.439 e. The number of halogens is 2. The van der Waals surface area contributed by atoms with Crippen LogP contribution < -0.4 is 9.46 Å². The normalized spacial score (nSPS) is 11.0. The van der Waals surface area contributed by atoms with Gasteiger partial charge in [0.1, 0.15) is 16.5 Å². The Labute approximate surface area is 163 Å². The molecule has 1 aromatic heterocycles. The number of benzene rings is 2. The van der Waals surface area contributed by atoms with Crippen LogP contribution in [0.15, 0.2) is 76.2 Å². The number of rotatable bonds is 5. The average Bonchev–Trinajstić information content (AvgIpc) is 2.62. The van der Waals surface area contributed by atoms with E-state index in [1.54, 1.807) is 24.3 Å². The van der Waals surface area contributed by atoms with E-state index in [0.29, 0.717) is 5.75 Å². The van der Waals surface area contributed by atoms with Crippen molar-refractivity contribution in [2.45, 2.75) is 4.90 Å². The molecular formula is C18H12BrFN2O4S. The average molecular weight is 451 g/mol. The Hall–Kier alpha value is -2.78. The number of sulfonamides is 1. The first-order valence-corrected chi connectivity index (χ1v) is 9.84. The van der Waals surface area contributed by atoms with Crippen LogP contribution in [-0.2, 0) is 10.0 Å². The Bertz CT molecular complexity index is 1070. The van der Waals surface area contributed by atoms with Gasteiger partial charge < -0.3 is 4.74 Å². The van der Waals surface area contributed by atoms with Crippen molar-refractivity contribution >= 4 is 31.9 Å². The highest BCUT2D eigenvalue weighted by molar-refractivity contribution is 9.10. The molecule has 0 saturated carbocycles. The molecule has 6 nitrogen and oxygen atoms in total. The zero-order valence-corrected chi connectivity index (χ0v) is 16.0. The lowest BCUT2D eigenvalue weighted by molar-refractivity contribution is 0.0980. The fraction of sp³-hybridized carbons (Fsp3) is 0. The highest BCUT2D eigenvalue weighted by Gasteiger charge is 2.21. The van der Waals surface area contributed by atoms with Crippen molar-refractivity contribution in [3.63, 3.8) is 0 Å². The summed E-state index contributed by atoms with van der Waals surface area (Å²) in [4.78, 5) is 15.9. The van der Waals surface area contributed by atoms with E-state index in [1.165, 1.54) is 18.2 Å². The molecule has 0 spiro atoms. The van der Waals surface area contributed by atoms with Gasteiger partial charge in [-0.05, 0) is 52.3 Å². The van der Waals surface area contributed by atoms with Crippen LogP contribution in [0.5, 0.6) is 11.6 Å². The van der Waals surface area contributed by atoms with E-state index in [4.69, 9.17) is 4.74 Å². The quantitative estimate of drug-likeness (QED) is 0.636. The first-order valence-electron chi connectivity index (χ1n) is 7.56. The second-order valence-electron chi connectivity index (χ2n) is 5.31. The van der Waals surface area contributed by atoms with Crippen molar-refractivity contribution in [3.8, 4) is 11.6 Å². The van der Waals surface area contributed by atoms with Gasteiger partial charge in [0.05, 0.1) is 11.8 Å². The maximum Gasteiger partial charge on any atom is 0.266 e. The topological polar surface area (TPSA) is 85.4 Å². The zero-order chi connectivity index (χ0) is 19.4. The Kier molecular flexibility index (Phi) is 5.52. The molecule has 0 radical (unpaired) electrons. The number of pyridine rings is 1. The third kappa shape index (κ3) is 4.69. The molecule has 0 saturated heterocycles. The number of amides is 1. The van der Waals surface area contributed by atoms with E-state index in [0.717, 1.165) is 18.3 Å². The van der Waals surface area contributed by atoms with Crippen LogP contribution in [0.25, 0.3) is 0 Å². The van der Waals surface area contributed by atoms with Crippen LogP contribution >= 0.6 is 15.9 Å². The molecule has 27 heavy (non-hydrogen) atoms. The molecule has 0 bridgehead atoms. The van der Waals surface area contributed by atoms with E-state index in [2.05, 4.69) is 20.9 Å². The first-order chi connectivity index (χ1) is 12.8. The molecule has 3 aromatic rings. The molecule has 2 aromatic carbocycles. The fourth-order valence-electron chi connectivity index (χ4n) is 2.10. The molecule has 9 heteroatoms. The SMILES string of the molecule is O=C(NS(=O)(=O)c1ccc(Oc2ccccc2)nc1)c1ccc(F)cc1Br. The summed E-state index contributed by atoms with van der Waals surface area (Å²) >= 11 is 3.03. The molecule has 0 aliphatic rings. The summed E-state index contributed by atoms with van der Waals surface area (Å²) in [6.45, 7) is 0. The smallest absolute Gasteiger partial charge is 0.266 e. The summed E-state index contributed by atoms with van der Waals surface area (Å²) in [7, 11) is -4.16. The molecule has 138 valence electrons. The maximum atomic E-state index is 13.1. The molecule has 0 aliphatic heterocycles. The summed E-state index contributed by atoms with van der Waals surface area (Å²) in [5, 5.41) is 0. The summed E-state index contributed by atoms with van der Waals surface area (Å²) in [5.74, 6) is -0.700. The lowest BCUT2D eigenvalue weighted by Gasteiger charge is -2.09. The Morgan fingerprint density at radius 1 is 1.07 bits per heavy atom. The number of nitrogens with one attached hydrogen (secondary N) is 1. The summed E-state index contributed by atoms with van der Waals surface area (Å²) in [6.07, 6.45) is 1.08. The van der Waals surface area contributed by atoms with Crippen molar-refractivity contribution < 1.29 is 22.3 Å². The van der Waals surface area contributed by atoms with Crippen LogP contribution in [0.2, 0.25) is 0 Å². The van der Waals surface area contributed by atoms with Crippen LogP contribution in [0, 0.1) is 5.82 Å². The largest absolute Gasteiger partial charge is 0.439 e. The van der Waals surface area contributed by atoms with E-state index in [9.17, 15) is 17.6 Å². The second-order valence-corrected chi connectivity index (χ2v) is 7.84. The minimum atomic E-state index is -4.16. The van der Waals surface area contributed by atoms with Crippen LogP contribution in [0.4, 0.5) is 4.39 Å². The summed E-state index contributed by atoms with van der Waals surface area (Å²) in [6, 6.07) is 14.8. The van der Waals surface area contributed by atoms with Crippen LogP contribution in [-0.4, -0.2) is 19.3 Å². The minimum absolute atomic E-state index is 0.0167. The second kappa shape index (κ2) is 7.85. The number of carbonyl (C=O) groups excluding carboxylic acids is 1. The fourth-order valence-corrected chi connectivity index (χ4v) is 3.55. The highest BCUT2D eigenvalue weighted by Crippen LogP contribution is 2.21. The van der Waals surface area contributed by atoms with Gasteiger partial charge in [-0.1, -0.05) is 18.2 Å². The number of ether oxygens (including phenoxy) is 1. The third-order valence-electron chi connectivity index (χ3n) is 3.39. The standard InChI is InChI=1S/C18H12BrFN2O4S/c19-16-10-12(20)6-8-15(16)18(23)22-27(24,25)14-7-9-17(21-11-14)26-13-4-2-1-3-5-13/h1-11H,(H,22,23). The van der Waals surface area contributed by atoms with E-state index in [1.807, 2.05) is 10.8 Å². The molecule has 1 heterocycles. The Balaban J connectivity index is 1.75. The van der Waals surface area contributed by atoms with Gasteiger partial charge in [0.15, 0.2) is 0 Å². The predicted octanol–water partition coefficient (Wildman–Crippen LogP) is 3.89. The number of carbonyl (C=O) groups is 1. The van der Waals surface area contributed by atoms with E-state index in [-0.39, 0.29) is 20.8 Å². The zero-order valence-electron chi connectivity index (χ0n) is 13.6. The van der Waals surface area contributed by atoms with Gasteiger partial charge in [-0.3, -0.25) is 4.79 Å². The maximum absolute atomic E-state index is 13.1. The van der Waals surface area contributed by atoms with E-state index < -0.39 is 21.7 Å². The number of hydrogen-bond donors (Lipinski definition) is 1. The number of nitrogens with zero attached hydrogens (tertiary/aromatic N) is 1. The molecule has 0 atom stereocenters. The van der Waals surface area contributed by atoms with Crippen molar-refractivity contribution in [1.29, 1.82) is 0 Å². The monoisotopic (exact) mass is 450 g/mol. The molecule has 1 amide bonds. The lowest BCUT2D eigenvalue weighted by atomic mass is 10.2. The van der Waals surface area contributed by atoms with Crippen molar-refractivity contribution in [2.24, 2.45) is 0 Å².